The van der Waals surface area contributed by atoms with Gasteiger partial charge in [0.25, 0.3) is 5.56 Å². The van der Waals surface area contributed by atoms with Gasteiger partial charge in [-0.05, 0) is 55.4 Å². The highest BCUT2D eigenvalue weighted by molar-refractivity contribution is 7.17. The number of aryl methyl sites for hydroxylation is 1. The van der Waals surface area contributed by atoms with Crippen LogP contribution in [0.5, 0.6) is 0 Å². The normalized spacial score (nSPS) is 18.8. The lowest BCUT2D eigenvalue weighted by Gasteiger charge is -2.17. The molecule has 4 rings (SSSR count). The van der Waals surface area contributed by atoms with E-state index in [2.05, 4.69) is 10.3 Å². The standard InChI is InChI=1S/C16H21N3OS/c1-10-8-21-15-13(10)18-9-19(16(15)20)7-6-17-14(11-2-3-11)12-4-5-12/h8-9,11-12,14,17H,2-7H2,1H3. The van der Waals surface area contributed by atoms with Crippen LogP contribution in [0.2, 0.25) is 0 Å². The molecule has 2 heterocycles. The minimum Gasteiger partial charge on any atom is -0.312 e. The topological polar surface area (TPSA) is 46.9 Å². The van der Waals surface area contributed by atoms with E-state index in [1.54, 1.807) is 10.9 Å². The molecule has 0 unspecified atom stereocenters. The summed E-state index contributed by atoms with van der Waals surface area (Å²) in [5, 5.41) is 5.70. The first-order valence-corrected chi connectivity index (χ1v) is 8.78. The largest absolute Gasteiger partial charge is 0.312 e. The summed E-state index contributed by atoms with van der Waals surface area (Å²) in [5.74, 6) is 1.80. The molecule has 0 aromatic carbocycles. The van der Waals surface area contributed by atoms with Crippen molar-refractivity contribution < 1.29 is 0 Å². The summed E-state index contributed by atoms with van der Waals surface area (Å²) in [6, 6.07) is 0.696. The van der Waals surface area contributed by atoms with Crippen LogP contribution in [0.4, 0.5) is 0 Å². The van der Waals surface area contributed by atoms with Gasteiger partial charge in [0.15, 0.2) is 0 Å². The number of nitrogens with zero attached hydrogens (tertiary/aromatic N) is 2. The summed E-state index contributed by atoms with van der Waals surface area (Å²) in [5.41, 5.74) is 2.07. The van der Waals surface area contributed by atoms with Crippen LogP contribution in [0.25, 0.3) is 10.2 Å². The number of nitrogens with one attached hydrogen (secondary N) is 1. The Morgan fingerprint density at radius 1 is 1.38 bits per heavy atom. The zero-order valence-corrected chi connectivity index (χ0v) is 13.2. The van der Waals surface area contributed by atoms with Gasteiger partial charge in [-0.25, -0.2) is 4.98 Å². The molecule has 0 saturated heterocycles. The molecule has 112 valence electrons. The van der Waals surface area contributed by atoms with Crippen LogP contribution in [-0.4, -0.2) is 22.1 Å². The first-order chi connectivity index (χ1) is 10.2. The average Bonchev–Trinajstić information content (AvgIpc) is 3.38. The average molecular weight is 303 g/mol. The second-order valence-corrected chi connectivity index (χ2v) is 7.37. The number of hydrogen-bond acceptors (Lipinski definition) is 4. The predicted octanol–water partition coefficient (Wildman–Crippen LogP) is 2.54. The Hall–Kier alpha value is -1.20. The Labute approximate surface area is 128 Å². The van der Waals surface area contributed by atoms with Crippen LogP contribution in [0.3, 0.4) is 0 Å². The molecular weight excluding hydrogens is 282 g/mol. The monoisotopic (exact) mass is 303 g/mol. The molecule has 4 nitrogen and oxygen atoms in total. The fourth-order valence-corrected chi connectivity index (χ4v) is 4.15. The van der Waals surface area contributed by atoms with Crippen molar-refractivity contribution in [1.82, 2.24) is 14.9 Å². The molecule has 2 aromatic rings. The molecule has 0 aliphatic heterocycles. The van der Waals surface area contributed by atoms with Crippen molar-refractivity contribution in [3.8, 4) is 0 Å². The third-order valence-electron chi connectivity index (χ3n) is 4.72. The summed E-state index contributed by atoms with van der Waals surface area (Å²) in [6.45, 7) is 3.59. The third-order valence-corrected chi connectivity index (χ3v) is 5.79. The summed E-state index contributed by atoms with van der Waals surface area (Å²) in [4.78, 5) is 16.9. The molecular formula is C16H21N3OS. The molecule has 0 bridgehead atoms. The van der Waals surface area contributed by atoms with Gasteiger partial charge in [-0.15, -0.1) is 11.3 Å². The highest BCUT2D eigenvalue weighted by atomic mass is 32.1. The zero-order chi connectivity index (χ0) is 14.4. The molecule has 1 N–H and O–H groups in total. The van der Waals surface area contributed by atoms with Crippen LogP contribution in [0.15, 0.2) is 16.5 Å². The molecule has 5 heteroatoms. The Morgan fingerprint density at radius 3 is 2.76 bits per heavy atom. The lowest BCUT2D eigenvalue weighted by atomic mass is 10.1. The highest BCUT2D eigenvalue weighted by Gasteiger charge is 2.40. The third kappa shape index (κ3) is 2.64. The molecule has 2 fully saturated rings. The van der Waals surface area contributed by atoms with E-state index in [1.165, 1.54) is 37.0 Å². The van der Waals surface area contributed by atoms with Gasteiger partial charge in [-0.3, -0.25) is 9.36 Å². The van der Waals surface area contributed by atoms with E-state index >= 15 is 0 Å². The van der Waals surface area contributed by atoms with Gasteiger partial charge < -0.3 is 5.32 Å². The second kappa shape index (κ2) is 5.21. The van der Waals surface area contributed by atoms with Crippen molar-refractivity contribution in [1.29, 1.82) is 0 Å². The Kier molecular flexibility index (Phi) is 3.34. The van der Waals surface area contributed by atoms with Crippen LogP contribution < -0.4 is 10.9 Å². The fraction of sp³-hybridized carbons (Fsp3) is 0.625. The van der Waals surface area contributed by atoms with Crippen LogP contribution in [0, 0.1) is 18.8 Å². The quantitative estimate of drug-likeness (QED) is 0.892. The molecule has 21 heavy (non-hydrogen) atoms. The van der Waals surface area contributed by atoms with Gasteiger partial charge in [0.2, 0.25) is 0 Å². The van der Waals surface area contributed by atoms with Crippen molar-refractivity contribution in [3.63, 3.8) is 0 Å². The number of rotatable bonds is 6. The first-order valence-electron chi connectivity index (χ1n) is 7.90. The molecule has 0 spiro atoms. The molecule has 0 amide bonds. The Morgan fingerprint density at radius 2 is 2.10 bits per heavy atom. The first kappa shape index (κ1) is 13.5. The van der Waals surface area contributed by atoms with E-state index in [9.17, 15) is 4.79 Å². The molecule has 2 aliphatic carbocycles. The molecule has 0 radical (unpaired) electrons. The lowest BCUT2D eigenvalue weighted by Crippen LogP contribution is -2.36. The summed E-state index contributed by atoms with van der Waals surface area (Å²) >= 11 is 1.51. The summed E-state index contributed by atoms with van der Waals surface area (Å²) in [7, 11) is 0. The number of thiophene rings is 1. The molecule has 0 atom stereocenters. The van der Waals surface area contributed by atoms with E-state index in [0.717, 1.165) is 34.2 Å². The van der Waals surface area contributed by atoms with E-state index in [1.807, 2.05) is 12.3 Å². The van der Waals surface area contributed by atoms with Crippen LogP contribution in [-0.2, 0) is 6.54 Å². The number of hydrogen-bond donors (Lipinski definition) is 1. The van der Waals surface area contributed by atoms with Gasteiger partial charge in [0, 0.05) is 19.1 Å². The van der Waals surface area contributed by atoms with E-state index in [4.69, 9.17) is 0 Å². The number of aromatic nitrogens is 2. The Bertz CT molecular complexity index is 700. The summed E-state index contributed by atoms with van der Waals surface area (Å²) in [6.07, 6.45) is 7.24. The van der Waals surface area contributed by atoms with E-state index in [-0.39, 0.29) is 5.56 Å². The van der Waals surface area contributed by atoms with Crippen molar-refractivity contribution in [2.24, 2.45) is 11.8 Å². The highest BCUT2D eigenvalue weighted by Crippen LogP contribution is 2.44. The van der Waals surface area contributed by atoms with Crippen molar-refractivity contribution in [2.45, 2.75) is 45.2 Å². The summed E-state index contributed by atoms with van der Waals surface area (Å²) < 4.78 is 2.54. The maximum absolute atomic E-state index is 12.4. The zero-order valence-electron chi connectivity index (χ0n) is 12.3. The molecule has 2 aliphatic rings. The maximum Gasteiger partial charge on any atom is 0.271 e. The second-order valence-electron chi connectivity index (χ2n) is 6.49. The van der Waals surface area contributed by atoms with Crippen LogP contribution >= 0.6 is 11.3 Å². The van der Waals surface area contributed by atoms with Gasteiger partial charge in [-0.2, -0.15) is 0 Å². The van der Waals surface area contributed by atoms with Crippen molar-refractivity contribution >= 4 is 21.6 Å². The van der Waals surface area contributed by atoms with Gasteiger partial charge in [0.1, 0.15) is 4.70 Å². The SMILES string of the molecule is Cc1csc2c(=O)n(CCNC(C3CC3)C3CC3)cnc12. The maximum atomic E-state index is 12.4. The Balaban J connectivity index is 1.44. The van der Waals surface area contributed by atoms with Crippen molar-refractivity contribution in [2.75, 3.05) is 6.54 Å². The predicted molar refractivity (Wildman–Crippen MR) is 85.9 cm³/mol. The minimum atomic E-state index is 0.106. The minimum absolute atomic E-state index is 0.106. The van der Waals surface area contributed by atoms with Crippen LogP contribution in [0.1, 0.15) is 31.2 Å². The van der Waals surface area contributed by atoms with Gasteiger partial charge >= 0.3 is 0 Å². The smallest absolute Gasteiger partial charge is 0.271 e. The number of fused-ring (bicyclic) bond motifs is 1. The lowest BCUT2D eigenvalue weighted by molar-refractivity contribution is 0.405. The van der Waals surface area contributed by atoms with Gasteiger partial charge in [0.05, 0.1) is 11.8 Å². The molecule has 2 saturated carbocycles. The molecule has 2 aromatic heterocycles. The van der Waals surface area contributed by atoms with Gasteiger partial charge in [-0.1, -0.05) is 0 Å². The van der Waals surface area contributed by atoms with E-state index in [0.29, 0.717) is 12.6 Å². The van der Waals surface area contributed by atoms with E-state index < -0.39 is 0 Å². The fourth-order valence-electron chi connectivity index (χ4n) is 3.20. The van der Waals surface area contributed by atoms with Crippen molar-refractivity contribution in [3.05, 3.63) is 27.6 Å².